The summed E-state index contributed by atoms with van der Waals surface area (Å²) < 4.78 is 0. The van der Waals surface area contributed by atoms with Crippen LogP contribution in [-0.2, 0) is 4.79 Å². The second-order valence-electron chi connectivity index (χ2n) is 2.40. The van der Waals surface area contributed by atoms with Crippen LogP contribution in [0.2, 0.25) is 0 Å². The molecule has 3 nitrogen and oxygen atoms in total. The molecular weight excluding hydrogens is 130 g/mol. The van der Waals surface area contributed by atoms with Crippen molar-refractivity contribution in [2.45, 2.75) is 6.42 Å². The topological polar surface area (TPSA) is 40.5 Å². The highest BCUT2D eigenvalue weighted by atomic mass is 16.4. The van der Waals surface area contributed by atoms with Gasteiger partial charge in [-0.1, -0.05) is 6.42 Å². The van der Waals surface area contributed by atoms with E-state index in [1.165, 1.54) is 0 Å². The third kappa shape index (κ3) is 1.21. The van der Waals surface area contributed by atoms with Gasteiger partial charge in [0.05, 0.1) is 5.92 Å². The standard InChI is InChI=1S/C7H9NO2/c1-2-8-4-3-6(5-8)7(9)10/h1,6H,3-5H2,(H,9,10). The van der Waals surface area contributed by atoms with Crippen molar-refractivity contribution in [1.29, 1.82) is 0 Å². The van der Waals surface area contributed by atoms with Crippen molar-refractivity contribution in [3.63, 3.8) is 0 Å². The number of aliphatic carboxylic acids is 1. The van der Waals surface area contributed by atoms with Gasteiger partial charge in [-0.25, -0.2) is 0 Å². The summed E-state index contributed by atoms with van der Waals surface area (Å²) in [6, 6.07) is 2.42. The molecule has 1 atom stereocenters. The molecule has 1 aliphatic rings. The van der Waals surface area contributed by atoms with Crippen LogP contribution >= 0.6 is 0 Å². The number of nitrogens with zero attached hydrogens (tertiary/aromatic N) is 1. The van der Waals surface area contributed by atoms with Crippen molar-refractivity contribution in [1.82, 2.24) is 4.90 Å². The van der Waals surface area contributed by atoms with Crippen molar-refractivity contribution in [3.05, 3.63) is 0 Å². The second-order valence-corrected chi connectivity index (χ2v) is 2.40. The molecule has 0 radical (unpaired) electrons. The molecule has 0 bridgehead atoms. The predicted octanol–water partition coefficient (Wildman–Crippen LogP) is -0.0164. The molecule has 1 unspecified atom stereocenters. The van der Waals surface area contributed by atoms with Crippen LogP contribution in [0, 0.1) is 18.4 Å². The van der Waals surface area contributed by atoms with E-state index in [0.29, 0.717) is 19.5 Å². The molecular formula is C7H9NO2. The molecule has 0 spiro atoms. The van der Waals surface area contributed by atoms with Gasteiger partial charge in [-0.05, 0) is 6.42 Å². The van der Waals surface area contributed by atoms with Crippen molar-refractivity contribution >= 4 is 5.97 Å². The molecule has 10 heavy (non-hydrogen) atoms. The quantitative estimate of drug-likeness (QED) is 0.519. The maximum absolute atomic E-state index is 10.4. The monoisotopic (exact) mass is 139 g/mol. The van der Waals surface area contributed by atoms with Crippen molar-refractivity contribution in [3.8, 4) is 12.5 Å². The van der Waals surface area contributed by atoms with Gasteiger partial charge in [0.25, 0.3) is 0 Å². The van der Waals surface area contributed by atoms with Gasteiger partial charge in [-0.3, -0.25) is 4.79 Å². The summed E-state index contributed by atoms with van der Waals surface area (Å²) in [5, 5.41) is 8.53. The normalized spacial score (nSPS) is 24.3. The Morgan fingerprint density at radius 3 is 2.80 bits per heavy atom. The maximum Gasteiger partial charge on any atom is 0.308 e. The number of rotatable bonds is 1. The zero-order chi connectivity index (χ0) is 7.56. The van der Waals surface area contributed by atoms with Gasteiger partial charge in [0.1, 0.15) is 0 Å². The smallest absolute Gasteiger partial charge is 0.308 e. The van der Waals surface area contributed by atoms with Crippen LogP contribution < -0.4 is 0 Å². The zero-order valence-corrected chi connectivity index (χ0v) is 5.58. The first kappa shape index (κ1) is 6.94. The molecule has 1 saturated heterocycles. The Morgan fingerprint density at radius 2 is 2.50 bits per heavy atom. The first-order valence-corrected chi connectivity index (χ1v) is 3.18. The van der Waals surface area contributed by atoms with Crippen LogP contribution in [0.25, 0.3) is 0 Å². The highest BCUT2D eigenvalue weighted by Gasteiger charge is 2.26. The molecule has 0 amide bonds. The Morgan fingerprint density at radius 1 is 1.80 bits per heavy atom. The minimum atomic E-state index is -0.738. The van der Waals surface area contributed by atoms with Gasteiger partial charge in [0.15, 0.2) is 0 Å². The number of hydrogen-bond acceptors (Lipinski definition) is 2. The van der Waals surface area contributed by atoms with E-state index in [0.717, 1.165) is 0 Å². The first-order valence-electron chi connectivity index (χ1n) is 3.18. The third-order valence-corrected chi connectivity index (χ3v) is 1.72. The Kier molecular flexibility index (Phi) is 1.81. The molecule has 1 aliphatic heterocycles. The van der Waals surface area contributed by atoms with Crippen molar-refractivity contribution < 1.29 is 9.90 Å². The van der Waals surface area contributed by atoms with E-state index in [1.807, 2.05) is 0 Å². The molecule has 1 fully saturated rings. The van der Waals surface area contributed by atoms with E-state index in [1.54, 1.807) is 4.90 Å². The largest absolute Gasteiger partial charge is 0.481 e. The highest BCUT2D eigenvalue weighted by Crippen LogP contribution is 2.14. The summed E-state index contributed by atoms with van der Waals surface area (Å²) in [7, 11) is 0. The number of terminal acetylenes is 1. The summed E-state index contributed by atoms with van der Waals surface area (Å²) >= 11 is 0. The van der Waals surface area contributed by atoms with Crippen LogP contribution in [0.3, 0.4) is 0 Å². The molecule has 1 N–H and O–H groups in total. The maximum atomic E-state index is 10.4. The summed E-state index contributed by atoms with van der Waals surface area (Å²) in [5.74, 6) is -0.992. The van der Waals surface area contributed by atoms with Crippen LogP contribution in [0.4, 0.5) is 0 Å². The molecule has 0 aromatic heterocycles. The zero-order valence-electron chi connectivity index (χ0n) is 5.58. The lowest BCUT2D eigenvalue weighted by molar-refractivity contribution is -0.141. The average Bonchev–Trinajstić information content (AvgIpc) is 2.34. The summed E-state index contributed by atoms with van der Waals surface area (Å²) in [4.78, 5) is 12.1. The molecule has 1 heterocycles. The SMILES string of the molecule is C#CN1CCC(C(=O)O)C1. The minimum Gasteiger partial charge on any atom is -0.481 e. The number of carboxylic acids is 1. The molecule has 0 aromatic rings. The van der Waals surface area contributed by atoms with Crippen LogP contribution in [-0.4, -0.2) is 29.1 Å². The fourth-order valence-corrected chi connectivity index (χ4v) is 1.08. The van der Waals surface area contributed by atoms with Gasteiger partial charge < -0.3 is 10.0 Å². The lowest BCUT2D eigenvalue weighted by atomic mass is 10.1. The third-order valence-electron chi connectivity index (χ3n) is 1.72. The molecule has 0 aromatic carbocycles. The number of hydrogen-bond donors (Lipinski definition) is 1. The van der Waals surface area contributed by atoms with Crippen molar-refractivity contribution in [2.24, 2.45) is 5.92 Å². The summed E-state index contributed by atoms with van der Waals surface area (Å²) in [5.41, 5.74) is 0. The van der Waals surface area contributed by atoms with E-state index in [4.69, 9.17) is 11.5 Å². The Hall–Kier alpha value is -1.17. The predicted molar refractivity (Wildman–Crippen MR) is 36.1 cm³/mol. The fourth-order valence-electron chi connectivity index (χ4n) is 1.08. The van der Waals surface area contributed by atoms with Crippen LogP contribution in [0.15, 0.2) is 0 Å². The van der Waals surface area contributed by atoms with Gasteiger partial charge >= 0.3 is 5.97 Å². The molecule has 54 valence electrons. The lowest BCUT2D eigenvalue weighted by Gasteiger charge is -2.05. The average molecular weight is 139 g/mol. The van der Waals surface area contributed by atoms with Gasteiger partial charge in [0, 0.05) is 19.1 Å². The van der Waals surface area contributed by atoms with Crippen molar-refractivity contribution in [2.75, 3.05) is 13.1 Å². The van der Waals surface area contributed by atoms with E-state index >= 15 is 0 Å². The molecule has 0 aliphatic carbocycles. The van der Waals surface area contributed by atoms with E-state index < -0.39 is 5.97 Å². The second kappa shape index (κ2) is 2.61. The van der Waals surface area contributed by atoms with E-state index in [9.17, 15) is 4.79 Å². The summed E-state index contributed by atoms with van der Waals surface area (Å²) in [6.45, 7) is 1.22. The Balaban J connectivity index is 2.45. The number of likely N-dealkylation sites (tertiary alicyclic amines) is 1. The van der Waals surface area contributed by atoms with Gasteiger partial charge in [0.2, 0.25) is 0 Å². The molecule has 3 heteroatoms. The van der Waals surface area contributed by atoms with E-state index in [-0.39, 0.29) is 5.92 Å². The molecule has 1 rings (SSSR count). The molecule has 0 saturated carbocycles. The van der Waals surface area contributed by atoms with E-state index in [2.05, 4.69) is 6.04 Å². The fraction of sp³-hybridized carbons (Fsp3) is 0.571. The van der Waals surface area contributed by atoms with Gasteiger partial charge in [-0.2, -0.15) is 0 Å². The minimum absolute atomic E-state index is 0.254. The number of carbonyl (C=O) groups is 1. The lowest BCUT2D eigenvalue weighted by Crippen LogP contribution is -2.18. The van der Waals surface area contributed by atoms with Crippen LogP contribution in [0.5, 0.6) is 0 Å². The van der Waals surface area contributed by atoms with Crippen LogP contribution in [0.1, 0.15) is 6.42 Å². The Bertz CT molecular complexity index is 183. The first-order chi connectivity index (χ1) is 4.74. The number of carboxylic acid groups (broad SMARTS) is 1. The summed E-state index contributed by atoms with van der Waals surface area (Å²) in [6.07, 6.45) is 5.76. The highest BCUT2D eigenvalue weighted by molar-refractivity contribution is 5.70. The Labute approximate surface area is 59.6 Å². The van der Waals surface area contributed by atoms with Gasteiger partial charge in [-0.15, -0.1) is 0 Å².